The summed E-state index contributed by atoms with van der Waals surface area (Å²) in [6.45, 7) is 4.94. The van der Waals surface area contributed by atoms with Gasteiger partial charge in [-0.25, -0.2) is 9.67 Å². The summed E-state index contributed by atoms with van der Waals surface area (Å²) < 4.78 is 13.6. The van der Waals surface area contributed by atoms with Gasteiger partial charge in [0.05, 0.1) is 37.3 Å². The van der Waals surface area contributed by atoms with Crippen LogP contribution in [-0.2, 0) is 11.3 Å². The molecule has 0 aliphatic carbocycles. The predicted octanol–water partition coefficient (Wildman–Crippen LogP) is 3.18. The molecule has 1 saturated heterocycles. The number of ether oxygens (including phenoxy) is 2. The molecule has 0 spiro atoms. The molecule has 35 heavy (non-hydrogen) atoms. The van der Waals surface area contributed by atoms with E-state index in [9.17, 15) is 0 Å². The highest BCUT2D eigenvalue weighted by atomic mass is 16.5. The number of morpholine rings is 1. The second kappa shape index (κ2) is 12.5. The van der Waals surface area contributed by atoms with E-state index in [0.717, 1.165) is 36.8 Å². The lowest BCUT2D eigenvalue weighted by atomic mass is 10.1. The number of nitrogens with zero attached hydrogens (tertiary/aromatic N) is 7. The molecule has 9 heteroatoms. The van der Waals surface area contributed by atoms with Crippen molar-refractivity contribution in [3.63, 3.8) is 0 Å². The van der Waals surface area contributed by atoms with Crippen molar-refractivity contribution in [3.05, 3.63) is 66.7 Å². The molecule has 2 heterocycles. The van der Waals surface area contributed by atoms with Crippen molar-refractivity contribution in [2.45, 2.75) is 25.5 Å². The summed E-state index contributed by atoms with van der Waals surface area (Å²) in [5, 5.41) is 22.0. The Balaban J connectivity index is 1.26. The monoisotopic (exact) mass is 471 g/mol. The standard InChI is InChI=1S/C26H29N7O2/c27-11-1-13-32(14-2-12-28)23-5-3-22(4-6-23)17-31-15-16-34-26(18-31)19-35-25-9-7-24(8-10-25)33-21-29-20-30-33/h3-10,20-21,26H,1-2,13-19H2. The molecule has 1 unspecified atom stereocenters. The first-order chi connectivity index (χ1) is 17.2. The molecular formula is C26H29N7O2. The highest BCUT2D eigenvalue weighted by Crippen LogP contribution is 2.19. The fraction of sp³-hybridized carbons (Fsp3) is 0.385. The fourth-order valence-electron chi connectivity index (χ4n) is 4.06. The van der Waals surface area contributed by atoms with Crippen LogP contribution in [0, 0.1) is 22.7 Å². The molecule has 0 saturated carbocycles. The first-order valence-corrected chi connectivity index (χ1v) is 11.7. The number of rotatable bonds is 11. The maximum Gasteiger partial charge on any atom is 0.138 e. The number of hydrogen-bond donors (Lipinski definition) is 0. The van der Waals surface area contributed by atoms with Crippen LogP contribution in [0.15, 0.2) is 61.2 Å². The predicted molar refractivity (Wildman–Crippen MR) is 131 cm³/mol. The Morgan fingerprint density at radius 1 is 1.03 bits per heavy atom. The van der Waals surface area contributed by atoms with Crippen LogP contribution in [0.1, 0.15) is 18.4 Å². The van der Waals surface area contributed by atoms with E-state index in [4.69, 9.17) is 20.0 Å². The third-order valence-corrected chi connectivity index (χ3v) is 5.87. The lowest BCUT2D eigenvalue weighted by molar-refractivity contribution is -0.0504. The first-order valence-electron chi connectivity index (χ1n) is 11.7. The molecule has 1 aromatic heterocycles. The first kappa shape index (κ1) is 24.2. The summed E-state index contributed by atoms with van der Waals surface area (Å²) >= 11 is 0. The summed E-state index contributed by atoms with van der Waals surface area (Å²) in [6.07, 6.45) is 4.05. The maximum absolute atomic E-state index is 8.91. The second-order valence-corrected chi connectivity index (χ2v) is 8.34. The van der Waals surface area contributed by atoms with Crippen molar-refractivity contribution in [2.75, 3.05) is 44.3 Å². The van der Waals surface area contributed by atoms with Gasteiger partial charge in [0.2, 0.25) is 0 Å². The van der Waals surface area contributed by atoms with Gasteiger partial charge in [-0.2, -0.15) is 15.6 Å². The maximum atomic E-state index is 8.91. The van der Waals surface area contributed by atoms with E-state index in [1.165, 1.54) is 11.9 Å². The van der Waals surface area contributed by atoms with Crippen LogP contribution in [0.25, 0.3) is 5.69 Å². The third-order valence-electron chi connectivity index (χ3n) is 5.87. The molecule has 1 fully saturated rings. The van der Waals surface area contributed by atoms with E-state index in [2.05, 4.69) is 56.3 Å². The summed E-state index contributed by atoms with van der Waals surface area (Å²) in [5.74, 6) is 0.794. The molecule has 2 aromatic carbocycles. The largest absolute Gasteiger partial charge is 0.491 e. The highest BCUT2D eigenvalue weighted by Gasteiger charge is 2.21. The summed E-state index contributed by atoms with van der Waals surface area (Å²) in [6, 6.07) is 20.5. The molecule has 0 N–H and O–H groups in total. The van der Waals surface area contributed by atoms with Crippen molar-refractivity contribution in [1.29, 1.82) is 10.5 Å². The van der Waals surface area contributed by atoms with Crippen LogP contribution in [0.4, 0.5) is 5.69 Å². The van der Waals surface area contributed by atoms with Gasteiger partial charge in [-0.3, -0.25) is 4.90 Å². The minimum absolute atomic E-state index is 0.00506. The van der Waals surface area contributed by atoms with Crippen LogP contribution in [0.3, 0.4) is 0 Å². The molecule has 9 nitrogen and oxygen atoms in total. The second-order valence-electron chi connectivity index (χ2n) is 8.34. The zero-order valence-corrected chi connectivity index (χ0v) is 19.7. The van der Waals surface area contributed by atoms with Gasteiger partial charge in [0, 0.05) is 38.4 Å². The molecule has 1 aliphatic rings. The average Bonchev–Trinajstić information content (AvgIpc) is 3.44. The van der Waals surface area contributed by atoms with E-state index in [-0.39, 0.29) is 6.10 Å². The molecule has 4 rings (SSSR count). The van der Waals surface area contributed by atoms with E-state index in [0.29, 0.717) is 39.1 Å². The number of nitriles is 2. The van der Waals surface area contributed by atoms with E-state index in [1.54, 1.807) is 11.0 Å². The Bertz CT molecular complexity index is 1100. The number of benzene rings is 2. The zero-order chi connectivity index (χ0) is 24.3. The normalized spacial score (nSPS) is 15.8. The lowest BCUT2D eigenvalue weighted by Crippen LogP contribution is -2.44. The fourth-order valence-corrected chi connectivity index (χ4v) is 4.06. The Morgan fingerprint density at radius 2 is 1.77 bits per heavy atom. The molecule has 0 bridgehead atoms. The molecule has 1 aliphatic heterocycles. The van der Waals surface area contributed by atoms with Crippen LogP contribution in [0.5, 0.6) is 5.75 Å². The van der Waals surface area contributed by atoms with Crippen LogP contribution < -0.4 is 9.64 Å². The van der Waals surface area contributed by atoms with Crippen LogP contribution in [-0.4, -0.2) is 65.2 Å². The lowest BCUT2D eigenvalue weighted by Gasteiger charge is -2.33. The molecule has 0 radical (unpaired) electrons. The van der Waals surface area contributed by atoms with Gasteiger partial charge in [0.15, 0.2) is 0 Å². The van der Waals surface area contributed by atoms with Gasteiger partial charge in [0.1, 0.15) is 31.1 Å². The summed E-state index contributed by atoms with van der Waals surface area (Å²) in [7, 11) is 0. The van der Waals surface area contributed by atoms with Crippen molar-refractivity contribution < 1.29 is 9.47 Å². The molecule has 3 aromatic rings. The molecular weight excluding hydrogens is 442 g/mol. The molecule has 1 atom stereocenters. The smallest absolute Gasteiger partial charge is 0.138 e. The SMILES string of the molecule is N#CCCN(CCC#N)c1ccc(CN2CCOC(COc3ccc(-n4cncn4)cc3)C2)cc1. The van der Waals surface area contributed by atoms with Crippen molar-refractivity contribution in [2.24, 2.45) is 0 Å². The Kier molecular flexibility index (Phi) is 8.66. The van der Waals surface area contributed by atoms with Gasteiger partial charge in [0.25, 0.3) is 0 Å². The quantitative estimate of drug-likeness (QED) is 0.420. The minimum Gasteiger partial charge on any atom is -0.491 e. The van der Waals surface area contributed by atoms with E-state index < -0.39 is 0 Å². The minimum atomic E-state index is 0.00506. The van der Waals surface area contributed by atoms with E-state index in [1.807, 2.05) is 24.3 Å². The van der Waals surface area contributed by atoms with E-state index >= 15 is 0 Å². The van der Waals surface area contributed by atoms with Crippen molar-refractivity contribution in [1.82, 2.24) is 19.7 Å². The Morgan fingerprint density at radius 3 is 2.43 bits per heavy atom. The van der Waals surface area contributed by atoms with Gasteiger partial charge >= 0.3 is 0 Å². The molecule has 180 valence electrons. The summed E-state index contributed by atoms with van der Waals surface area (Å²) in [5.41, 5.74) is 3.20. The van der Waals surface area contributed by atoms with Gasteiger partial charge in [-0.05, 0) is 42.0 Å². The average molecular weight is 472 g/mol. The van der Waals surface area contributed by atoms with Gasteiger partial charge < -0.3 is 14.4 Å². The highest BCUT2D eigenvalue weighted by molar-refractivity contribution is 5.48. The summed E-state index contributed by atoms with van der Waals surface area (Å²) in [4.78, 5) is 8.44. The number of aromatic nitrogens is 3. The molecule has 0 amide bonds. The van der Waals surface area contributed by atoms with Crippen LogP contribution in [0.2, 0.25) is 0 Å². The van der Waals surface area contributed by atoms with Gasteiger partial charge in [-0.1, -0.05) is 12.1 Å². The van der Waals surface area contributed by atoms with Crippen molar-refractivity contribution in [3.8, 4) is 23.6 Å². The zero-order valence-electron chi connectivity index (χ0n) is 19.7. The third kappa shape index (κ3) is 7.03. The Hall–Kier alpha value is -3.92. The Labute approximate surface area is 205 Å². The van der Waals surface area contributed by atoms with Crippen LogP contribution >= 0.6 is 0 Å². The van der Waals surface area contributed by atoms with Crippen molar-refractivity contribution >= 4 is 5.69 Å². The number of anilines is 1. The van der Waals surface area contributed by atoms with Gasteiger partial charge in [-0.15, -0.1) is 0 Å². The topological polar surface area (TPSA) is 103 Å². The number of hydrogen-bond acceptors (Lipinski definition) is 8.